The van der Waals surface area contributed by atoms with Gasteiger partial charge in [0, 0.05) is 6.42 Å². The molecule has 2 atom stereocenters. The van der Waals surface area contributed by atoms with Crippen molar-refractivity contribution in [2.45, 2.75) is 97.0 Å². The molecule has 1 fully saturated rings. The molecule has 0 aromatic rings. The average Bonchev–Trinajstić information content (AvgIpc) is 2.38. The van der Waals surface area contributed by atoms with Crippen LogP contribution in [0.25, 0.3) is 0 Å². The fourth-order valence-electron chi connectivity index (χ4n) is 2.77. The lowest BCUT2D eigenvalue weighted by molar-refractivity contribution is -0.150. The molecule has 1 unspecified atom stereocenters. The summed E-state index contributed by atoms with van der Waals surface area (Å²) in [5, 5.41) is 0. The van der Waals surface area contributed by atoms with E-state index in [1.54, 1.807) is 0 Å². The van der Waals surface area contributed by atoms with Gasteiger partial charge in [0.25, 0.3) is 0 Å². The van der Waals surface area contributed by atoms with E-state index in [1.807, 2.05) is 6.92 Å². The summed E-state index contributed by atoms with van der Waals surface area (Å²) in [6.45, 7) is 4.26. The number of carbonyl (C=O) groups excluding carboxylic acids is 1. The van der Waals surface area contributed by atoms with Crippen LogP contribution in [-0.2, 0) is 9.53 Å². The van der Waals surface area contributed by atoms with Crippen molar-refractivity contribution in [3.63, 3.8) is 0 Å². The van der Waals surface area contributed by atoms with Crippen molar-refractivity contribution in [1.82, 2.24) is 0 Å². The van der Waals surface area contributed by atoms with E-state index in [-0.39, 0.29) is 12.1 Å². The second-order valence-corrected chi connectivity index (χ2v) is 6.25. The highest BCUT2D eigenvalue weighted by Gasteiger charge is 2.16. The number of esters is 1. The van der Waals surface area contributed by atoms with E-state index in [0.29, 0.717) is 12.3 Å². The average molecular weight is 268 g/mol. The molecule has 0 N–H and O–H groups in total. The van der Waals surface area contributed by atoms with Crippen LogP contribution in [0.1, 0.15) is 90.9 Å². The number of hydrogen-bond acceptors (Lipinski definition) is 2. The molecule has 0 amide bonds. The van der Waals surface area contributed by atoms with Crippen molar-refractivity contribution in [2.75, 3.05) is 0 Å². The van der Waals surface area contributed by atoms with Gasteiger partial charge >= 0.3 is 5.97 Å². The van der Waals surface area contributed by atoms with Crippen LogP contribution >= 0.6 is 0 Å². The minimum atomic E-state index is 0.00597. The zero-order chi connectivity index (χ0) is 13.9. The minimum absolute atomic E-state index is 0.00597. The van der Waals surface area contributed by atoms with E-state index < -0.39 is 0 Å². The van der Waals surface area contributed by atoms with Gasteiger partial charge in [0.1, 0.15) is 6.10 Å². The summed E-state index contributed by atoms with van der Waals surface area (Å²) in [5.41, 5.74) is 0. The van der Waals surface area contributed by atoms with E-state index in [0.717, 1.165) is 6.42 Å². The third-order valence-electron chi connectivity index (χ3n) is 4.41. The fraction of sp³-hybridized carbons (Fsp3) is 0.941. The molecular weight excluding hydrogens is 236 g/mol. The molecule has 0 aromatic heterocycles. The minimum Gasteiger partial charge on any atom is -0.462 e. The monoisotopic (exact) mass is 268 g/mol. The van der Waals surface area contributed by atoms with E-state index in [1.165, 1.54) is 64.2 Å². The van der Waals surface area contributed by atoms with Gasteiger partial charge in [-0.25, -0.2) is 0 Å². The fourth-order valence-corrected chi connectivity index (χ4v) is 2.77. The number of hydrogen-bond donors (Lipinski definition) is 0. The van der Waals surface area contributed by atoms with Gasteiger partial charge in [-0.05, 0) is 25.7 Å². The van der Waals surface area contributed by atoms with E-state index in [9.17, 15) is 4.79 Å². The molecule has 0 saturated carbocycles. The highest BCUT2D eigenvalue weighted by atomic mass is 16.5. The first-order valence-corrected chi connectivity index (χ1v) is 8.39. The van der Waals surface area contributed by atoms with Gasteiger partial charge < -0.3 is 4.74 Å². The third-order valence-corrected chi connectivity index (χ3v) is 4.41. The molecular formula is C17H32O2. The molecule has 1 rings (SSSR count). The molecule has 1 heterocycles. The van der Waals surface area contributed by atoms with Crippen LogP contribution in [-0.4, -0.2) is 12.1 Å². The highest BCUT2D eigenvalue weighted by molar-refractivity contribution is 5.69. The molecule has 2 nitrogen and oxygen atoms in total. The van der Waals surface area contributed by atoms with Crippen molar-refractivity contribution < 1.29 is 9.53 Å². The van der Waals surface area contributed by atoms with Crippen LogP contribution in [0.4, 0.5) is 0 Å². The van der Waals surface area contributed by atoms with Crippen LogP contribution in [0.2, 0.25) is 0 Å². The summed E-state index contributed by atoms with van der Waals surface area (Å²) < 4.78 is 5.52. The molecule has 1 aliphatic rings. The SMILES string of the molecule is CC1CCCCCCCCCCCCC(=O)O[C@H]1C. The number of carbonyl (C=O) groups is 1. The van der Waals surface area contributed by atoms with Crippen molar-refractivity contribution in [3.8, 4) is 0 Å². The van der Waals surface area contributed by atoms with Crippen LogP contribution in [0, 0.1) is 5.92 Å². The Morgan fingerprint density at radius 3 is 1.84 bits per heavy atom. The van der Waals surface area contributed by atoms with Gasteiger partial charge in [-0.15, -0.1) is 0 Å². The van der Waals surface area contributed by atoms with Crippen LogP contribution < -0.4 is 0 Å². The molecule has 1 aliphatic heterocycles. The first-order chi connectivity index (χ1) is 9.20. The van der Waals surface area contributed by atoms with Gasteiger partial charge in [0.2, 0.25) is 0 Å². The van der Waals surface area contributed by atoms with Crippen molar-refractivity contribution in [1.29, 1.82) is 0 Å². The Labute approximate surface area is 119 Å². The molecule has 19 heavy (non-hydrogen) atoms. The van der Waals surface area contributed by atoms with E-state index >= 15 is 0 Å². The van der Waals surface area contributed by atoms with E-state index in [4.69, 9.17) is 4.74 Å². The Hall–Kier alpha value is -0.530. The molecule has 2 heteroatoms. The second-order valence-electron chi connectivity index (χ2n) is 6.25. The summed E-state index contributed by atoms with van der Waals surface area (Å²) >= 11 is 0. The number of cyclic esters (lactones) is 1. The standard InChI is InChI=1S/C17H32O2/c1-15-13-11-9-7-5-3-4-6-8-10-12-14-17(18)19-16(15)2/h15-16H,3-14H2,1-2H3/t15?,16-/m0/s1. The van der Waals surface area contributed by atoms with Crippen molar-refractivity contribution in [2.24, 2.45) is 5.92 Å². The third kappa shape index (κ3) is 8.28. The lowest BCUT2D eigenvalue weighted by Gasteiger charge is -2.20. The van der Waals surface area contributed by atoms with Crippen molar-refractivity contribution >= 4 is 5.97 Å². The zero-order valence-electron chi connectivity index (χ0n) is 13.0. The van der Waals surface area contributed by atoms with Gasteiger partial charge in [-0.2, -0.15) is 0 Å². The zero-order valence-corrected chi connectivity index (χ0v) is 13.0. The molecule has 112 valence electrons. The smallest absolute Gasteiger partial charge is 0.306 e. The first-order valence-electron chi connectivity index (χ1n) is 8.39. The molecule has 1 saturated heterocycles. The lowest BCUT2D eigenvalue weighted by Crippen LogP contribution is -2.22. The van der Waals surface area contributed by atoms with E-state index in [2.05, 4.69) is 6.92 Å². The predicted octanol–water partition coefficient (Wildman–Crippen LogP) is 5.25. The maximum absolute atomic E-state index is 11.7. The Bertz CT molecular complexity index is 237. The summed E-state index contributed by atoms with van der Waals surface area (Å²) in [6.07, 6.45) is 14.8. The molecule has 0 bridgehead atoms. The van der Waals surface area contributed by atoms with Gasteiger partial charge in [-0.1, -0.05) is 64.7 Å². The maximum atomic E-state index is 11.7. The summed E-state index contributed by atoms with van der Waals surface area (Å²) in [5.74, 6) is 0.503. The Balaban J connectivity index is 2.32. The highest BCUT2D eigenvalue weighted by Crippen LogP contribution is 2.19. The Kier molecular flexibility index (Phi) is 8.94. The predicted molar refractivity (Wildman–Crippen MR) is 80.1 cm³/mol. The summed E-state index contributed by atoms with van der Waals surface area (Å²) in [6, 6.07) is 0. The molecule has 0 spiro atoms. The normalized spacial score (nSPS) is 29.7. The maximum Gasteiger partial charge on any atom is 0.306 e. The lowest BCUT2D eigenvalue weighted by atomic mass is 9.97. The molecule has 0 aromatic carbocycles. The Morgan fingerprint density at radius 2 is 1.26 bits per heavy atom. The van der Waals surface area contributed by atoms with Crippen LogP contribution in [0.15, 0.2) is 0 Å². The number of rotatable bonds is 0. The van der Waals surface area contributed by atoms with Crippen LogP contribution in [0.3, 0.4) is 0 Å². The van der Waals surface area contributed by atoms with Gasteiger partial charge in [-0.3, -0.25) is 4.79 Å². The van der Waals surface area contributed by atoms with Gasteiger partial charge in [0.05, 0.1) is 0 Å². The molecule has 0 aliphatic carbocycles. The van der Waals surface area contributed by atoms with Crippen molar-refractivity contribution in [3.05, 3.63) is 0 Å². The first kappa shape index (κ1) is 16.5. The van der Waals surface area contributed by atoms with Crippen LogP contribution in [0.5, 0.6) is 0 Å². The summed E-state index contributed by atoms with van der Waals surface area (Å²) in [7, 11) is 0. The Morgan fingerprint density at radius 1 is 0.789 bits per heavy atom. The largest absolute Gasteiger partial charge is 0.462 e. The molecule has 0 radical (unpaired) electrons. The number of ether oxygens (including phenoxy) is 1. The quantitative estimate of drug-likeness (QED) is 0.561. The summed E-state index contributed by atoms with van der Waals surface area (Å²) in [4.78, 5) is 11.7. The van der Waals surface area contributed by atoms with Gasteiger partial charge in [0.15, 0.2) is 0 Å². The topological polar surface area (TPSA) is 26.3 Å². The second kappa shape index (κ2) is 10.3.